The van der Waals surface area contributed by atoms with Gasteiger partial charge in [-0.15, -0.1) is 11.3 Å². The largest absolute Gasteiger partial charge is 0.300 e. The van der Waals surface area contributed by atoms with Crippen LogP contribution >= 0.6 is 23.1 Å². The van der Waals surface area contributed by atoms with Crippen LogP contribution in [0, 0.1) is 0 Å². The first kappa shape index (κ1) is 11.1. The topological polar surface area (TPSA) is 30.0 Å². The molecular formula is C11H15NOS2. The molecule has 0 spiro atoms. The molecule has 4 heteroatoms. The smallest absolute Gasteiger partial charge is 0.135 e. The number of thiazole rings is 1. The lowest BCUT2D eigenvalue weighted by atomic mass is 10.2. The van der Waals surface area contributed by atoms with Crippen molar-refractivity contribution in [1.29, 1.82) is 0 Å². The molecule has 1 fully saturated rings. The highest BCUT2D eigenvalue weighted by atomic mass is 32.2. The predicted molar refractivity (Wildman–Crippen MR) is 65.7 cm³/mol. The second-order valence-corrected chi connectivity index (χ2v) is 6.55. The van der Waals surface area contributed by atoms with Crippen molar-refractivity contribution in [2.75, 3.05) is 5.75 Å². The fourth-order valence-corrected chi connectivity index (χ4v) is 4.22. The predicted octanol–water partition coefficient (Wildman–Crippen LogP) is 2.71. The Morgan fingerprint density at radius 2 is 2.53 bits per heavy atom. The second-order valence-electron chi connectivity index (χ2n) is 3.94. The molecule has 1 aromatic rings. The Bertz CT molecular complexity index is 342. The van der Waals surface area contributed by atoms with Gasteiger partial charge in [-0.3, -0.25) is 4.79 Å². The molecule has 1 saturated heterocycles. The summed E-state index contributed by atoms with van der Waals surface area (Å²) in [5, 5.41) is 1.96. The molecule has 0 amide bonds. The summed E-state index contributed by atoms with van der Waals surface area (Å²) in [6, 6.07) is 0. The number of hydrogen-bond acceptors (Lipinski definition) is 4. The van der Waals surface area contributed by atoms with E-state index in [2.05, 4.69) is 16.7 Å². The van der Waals surface area contributed by atoms with E-state index >= 15 is 0 Å². The van der Waals surface area contributed by atoms with Crippen LogP contribution < -0.4 is 0 Å². The number of carbonyl (C=O) groups excluding carboxylic acids is 1. The summed E-state index contributed by atoms with van der Waals surface area (Å²) in [5.41, 5.74) is 0. The summed E-state index contributed by atoms with van der Waals surface area (Å²) in [6.45, 7) is 1.63. The summed E-state index contributed by atoms with van der Waals surface area (Å²) in [4.78, 5) is 16.4. The summed E-state index contributed by atoms with van der Waals surface area (Å²) in [6.07, 6.45) is 6.18. The molecule has 2 nitrogen and oxygen atoms in total. The van der Waals surface area contributed by atoms with Gasteiger partial charge in [-0.1, -0.05) is 0 Å². The van der Waals surface area contributed by atoms with Gasteiger partial charge in [0.25, 0.3) is 0 Å². The maximum atomic E-state index is 10.9. The molecule has 0 aromatic carbocycles. The average Bonchev–Trinajstić information content (AvgIpc) is 2.77. The van der Waals surface area contributed by atoms with Crippen LogP contribution in [0.3, 0.4) is 0 Å². The second kappa shape index (κ2) is 5.12. The van der Waals surface area contributed by atoms with Gasteiger partial charge < -0.3 is 0 Å². The maximum Gasteiger partial charge on any atom is 0.135 e. The van der Waals surface area contributed by atoms with Gasteiger partial charge in [0.2, 0.25) is 0 Å². The van der Waals surface area contributed by atoms with Gasteiger partial charge in [-0.25, -0.2) is 4.98 Å². The van der Waals surface area contributed by atoms with Crippen LogP contribution in [0.15, 0.2) is 6.20 Å². The van der Waals surface area contributed by atoms with Crippen LogP contribution in [-0.4, -0.2) is 21.8 Å². The Morgan fingerprint density at radius 3 is 3.20 bits per heavy atom. The number of rotatable bonds is 4. The van der Waals surface area contributed by atoms with E-state index in [0.29, 0.717) is 6.42 Å². The van der Waals surface area contributed by atoms with E-state index in [1.807, 2.05) is 6.20 Å². The van der Waals surface area contributed by atoms with E-state index in [1.54, 1.807) is 18.3 Å². The molecule has 0 radical (unpaired) electrons. The van der Waals surface area contributed by atoms with Crippen molar-refractivity contribution in [2.24, 2.45) is 0 Å². The van der Waals surface area contributed by atoms with Gasteiger partial charge >= 0.3 is 0 Å². The van der Waals surface area contributed by atoms with Gasteiger partial charge in [0.1, 0.15) is 5.78 Å². The lowest BCUT2D eigenvalue weighted by molar-refractivity contribution is -0.116. The zero-order valence-electron chi connectivity index (χ0n) is 8.86. The number of thioether (sulfide) groups is 1. The quantitative estimate of drug-likeness (QED) is 0.812. The van der Waals surface area contributed by atoms with Gasteiger partial charge in [-0.2, -0.15) is 11.8 Å². The molecule has 0 aliphatic carbocycles. The number of nitrogens with zero attached hydrogens (tertiary/aromatic N) is 1. The molecule has 15 heavy (non-hydrogen) atoms. The minimum absolute atomic E-state index is 0.223. The fraction of sp³-hybridized carbons (Fsp3) is 0.636. The van der Waals surface area contributed by atoms with Crippen molar-refractivity contribution in [3.05, 3.63) is 16.1 Å². The van der Waals surface area contributed by atoms with E-state index in [0.717, 1.165) is 16.5 Å². The molecule has 0 bridgehead atoms. The Hall–Kier alpha value is -0.350. The van der Waals surface area contributed by atoms with E-state index in [9.17, 15) is 4.79 Å². The zero-order valence-corrected chi connectivity index (χ0v) is 10.5. The lowest BCUT2D eigenvalue weighted by Gasteiger charge is -2.03. The third kappa shape index (κ3) is 3.31. The molecule has 0 saturated carbocycles. The van der Waals surface area contributed by atoms with E-state index in [1.165, 1.54) is 23.6 Å². The molecule has 1 unspecified atom stereocenters. The van der Waals surface area contributed by atoms with Crippen LogP contribution in [0.1, 0.15) is 29.7 Å². The van der Waals surface area contributed by atoms with E-state index < -0.39 is 0 Å². The van der Waals surface area contributed by atoms with Crippen LogP contribution in [-0.2, 0) is 17.6 Å². The third-order valence-corrected chi connectivity index (χ3v) is 4.87. The molecular weight excluding hydrogens is 226 g/mol. The highest BCUT2D eigenvalue weighted by Crippen LogP contribution is 2.30. The van der Waals surface area contributed by atoms with Crippen LogP contribution in [0.4, 0.5) is 0 Å². The van der Waals surface area contributed by atoms with Crippen molar-refractivity contribution in [1.82, 2.24) is 4.98 Å². The molecule has 1 atom stereocenters. The number of hydrogen-bond donors (Lipinski definition) is 0. The minimum Gasteiger partial charge on any atom is -0.300 e. The van der Waals surface area contributed by atoms with Gasteiger partial charge in [-0.05, 0) is 25.5 Å². The number of Topliss-reactive ketones (excluding diaryl/α,β-unsaturated/α-hetero) is 1. The Kier molecular flexibility index (Phi) is 3.81. The molecule has 82 valence electrons. The Morgan fingerprint density at radius 1 is 1.67 bits per heavy atom. The standard InChI is InChI=1S/C11H15NOS2/c1-8(13)5-10-7-12-11(15-10)6-9-3-2-4-14-9/h7,9H,2-6H2,1H3. The normalized spacial score (nSPS) is 20.7. The molecule has 1 aromatic heterocycles. The minimum atomic E-state index is 0.223. The summed E-state index contributed by atoms with van der Waals surface area (Å²) in [5.74, 6) is 1.52. The van der Waals surface area contributed by atoms with Crippen molar-refractivity contribution in [3.8, 4) is 0 Å². The first-order valence-electron chi connectivity index (χ1n) is 5.28. The molecule has 1 aliphatic heterocycles. The average molecular weight is 241 g/mol. The number of ketones is 1. The summed E-state index contributed by atoms with van der Waals surface area (Å²) >= 11 is 3.76. The van der Waals surface area contributed by atoms with Crippen molar-refractivity contribution >= 4 is 28.9 Å². The third-order valence-electron chi connectivity index (χ3n) is 2.45. The summed E-state index contributed by atoms with van der Waals surface area (Å²) < 4.78 is 0. The van der Waals surface area contributed by atoms with E-state index in [4.69, 9.17) is 0 Å². The Balaban J connectivity index is 1.91. The van der Waals surface area contributed by atoms with Crippen molar-refractivity contribution in [2.45, 2.75) is 37.9 Å². The fourth-order valence-electron chi connectivity index (χ4n) is 1.77. The first-order chi connectivity index (χ1) is 7.24. The van der Waals surface area contributed by atoms with Gasteiger partial charge in [0, 0.05) is 29.2 Å². The van der Waals surface area contributed by atoms with Crippen LogP contribution in [0.2, 0.25) is 0 Å². The highest BCUT2D eigenvalue weighted by Gasteiger charge is 2.17. The summed E-state index contributed by atoms with van der Waals surface area (Å²) in [7, 11) is 0. The maximum absolute atomic E-state index is 10.9. The van der Waals surface area contributed by atoms with Gasteiger partial charge in [0.15, 0.2) is 0 Å². The molecule has 0 N–H and O–H groups in total. The monoisotopic (exact) mass is 241 g/mol. The van der Waals surface area contributed by atoms with Crippen LogP contribution in [0.25, 0.3) is 0 Å². The Labute approximate surface area is 98.5 Å². The molecule has 2 heterocycles. The first-order valence-corrected chi connectivity index (χ1v) is 7.15. The molecule has 1 aliphatic rings. The van der Waals surface area contributed by atoms with Crippen molar-refractivity contribution in [3.63, 3.8) is 0 Å². The van der Waals surface area contributed by atoms with E-state index in [-0.39, 0.29) is 5.78 Å². The van der Waals surface area contributed by atoms with Crippen LogP contribution in [0.5, 0.6) is 0 Å². The zero-order chi connectivity index (χ0) is 10.7. The lowest BCUT2D eigenvalue weighted by Crippen LogP contribution is -2.00. The van der Waals surface area contributed by atoms with Gasteiger partial charge in [0.05, 0.1) is 5.01 Å². The van der Waals surface area contributed by atoms with Crippen molar-refractivity contribution < 1.29 is 4.79 Å². The molecule has 2 rings (SSSR count). The number of aromatic nitrogens is 1. The highest BCUT2D eigenvalue weighted by molar-refractivity contribution is 8.00. The number of carbonyl (C=O) groups is 1. The SMILES string of the molecule is CC(=O)Cc1cnc(CC2CCCS2)s1.